The highest BCUT2D eigenvalue weighted by molar-refractivity contribution is 5.85. The molecule has 0 unspecified atom stereocenters. The molecule has 1 aromatic heterocycles. The molecule has 0 aliphatic carbocycles. The van der Waals surface area contributed by atoms with Crippen LogP contribution in [-0.2, 0) is 0 Å². The lowest BCUT2D eigenvalue weighted by molar-refractivity contribution is 0.441. The van der Waals surface area contributed by atoms with Crippen LogP contribution in [0, 0.1) is 0 Å². The SMILES string of the molecule is CCCNc1nc(N2C[C@H](N)C[C@H](N)C2)nc(N2C[C@H](N)C[C@H](N)C2)n1.Cl. The molecule has 9 N–H and O–H groups in total. The molecule has 3 rings (SSSR count). The molecule has 0 saturated carbocycles. The second-order valence-electron chi connectivity index (χ2n) is 7.51. The summed E-state index contributed by atoms with van der Waals surface area (Å²) in [6.45, 7) is 5.63. The van der Waals surface area contributed by atoms with Crippen molar-refractivity contribution in [2.45, 2.75) is 50.4 Å². The molecule has 0 bridgehead atoms. The number of rotatable bonds is 5. The van der Waals surface area contributed by atoms with Crippen LogP contribution in [-0.4, -0.2) is 71.8 Å². The quantitative estimate of drug-likeness (QED) is 0.407. The first-order valence-electron chi connectivity index (χ1n) is 9.46. The number of hydrogen-bond donors (Lipinski definition) is 5. The lowest BCUT2D eigenvalue weighted by Gasteiger charge is -2.37. The minimum Gasteiger partial charge on any atom is -0.354 e. The zero-order valence-corrected chi connectivity index (χ0v) is 16.7. The molecule has 3 heterocycles. The van der Waals surface area contributed by atoms with Gasteiger partial charge in [0.25, 0.3) is 0 Å². The second-order valence-corrected chi connectivity index (χ2v) is 7.51. The highest BCUT2D eigenvalue weighted by Gasteiger charge is 2.28. The topological polar surface area (TPSA) is 161 Å². The Kier molecular flexibility index (Phi) is 7.80. The van der Waals surface area contributed by atoms with E-state index in [1.54, 1.807) is 0 Å². The number of aromatic nitrogens is 3. The van der Waals surface area contributed by atoms with Gasteiger partial charge in [-0.3, -0.25) is 0 Å². The van der Waals surface area contributed by atoms with Crippen LogP contribution in [0.5, 0.6) is 0 Å². The molecule has 154 valence electrons. The fourth-order valence-electron chi connectivity index (χ4n) is 3.64. The van der Waals surface area contributed by atoms with Gasteiger partial charge in [0.2, 0.25) is 17.8 Å². The normalized spacial score (nSPS) is 28.6. The van der Waals surface area contributed by atoms with Gasteiger partial charge in [-0.2, -0.15) is 15.0 Å². The summed E-state index contributed by atoms with van der Waals surface area (Å²) < 4.78 is 0. The van der Waals surface area contributed by atoms with Crippen LogP contribution < -0.4 is 38.1 Å². The van der Waals surface area contributed by atoms with Gasteiger partial charge in [0, 0.05) is 56.9 Å². The third kappa shape index (κ3) is 5.76. The molecule has 0 spiro atoms. The molecular formula is C16H33ClN10. The molecule has 0 amide bonds. The maximum Gasteiger partial charge on any atom is 0.232 e. The van der Waals surface area contributed by atoms with Crippen LogP contribution in [0.25, 0.3) is 0 Å². The van der Waals surface area contributed by atoms with Gasteiger partial charge in [-0.05, 0) is 19.3 Å². The first-order chi connectivity index (χ1) is 12.4. The van der Waals surface area contributed by atoms with Crippen molar-refractivity contribution in [1.82, 2.24) is 15.0 Å². The lowest BCUT2D eigenvalue weighted by Crippen LogP contribution is -2.54. The van der Waals surface area contributed by atoms with Gasteiger partial charge >= 0.3 is 0 Å². The molecule has 4 atom stereocenters. The average Bonchev–Trinajstić information content (AvgIpc) is 2.58. The van der Waals surface area contributed by atoms with Crippen LogP contribution >= 0.6 is 12.4 Å². The van der Waals surface area contributed by atoms with Crippen LogP contribution in [0.3, 0.4) is 0 Å². The molecule has 1 aromatic rings. The van der Waals surface area contributed by atoms with Crippen LogP contribution in [0.1, 0.15) is 26.2 Å². The highest BCUT2D eigenvalue weighted by Crippen LogP contribution is 2.22. The summed E-state index contributed by atoms with van der Waals surface area (Å²) in [5.74, 6) is 1.77. The lowest BCUT2D eigenvalue weighted by atomic mass is 10.0. The predicted molar refractivity (Wildman–Crippen MR) is 111 cm³/mol. The number of nitrogens with zero attached hydrogens (tertiary/aromatic N) is 5. The van der Waals surface area contributed by atoms with Crippen molar-refractivity contribution in [3.63, 3.8) is 0 Å². The van der Waals surface area contributed by atoms with Gasteiger partial charge in [0.15, 0.2) is 0 Å². The van der Waals surface area contributed by atoms with Crippen molar-refractivity contribution in [3.8, 4) is 0 Å². The fraction of sp³-hybridized carbons (Fsp3) is 0.812. The summed E-state index contributed by atoms with van der Waals surface area (Å²) in [5.41, 5.74) is 24.5. The van der Waals surface area contributed by atoms with Gasteiger partial charge in [-0.25, -0.2) is 0 Å². The molecule has 11 heteroatoms. The number of anilines is 3. The first-order valence-corrected chi connectivity index (χ1v) is 9.46. The largest absolute Gasteiger partial charge is 0.354 e. The van der Waals surface area contributed by atoms with Gasteiger partial charge in [-0.1, -0.05) is 6.92 Å². The van der Waals surface area contributed by atoms with Gasteiger partial charge in [0.05, 0.1) is 0 Å². The minimum atomic E-state index is 0. The van der Waals surface area contributed by atoms with Crippen LogP contribution in [0.2, 0.25) is 0 Å². The number of nitrogens with one attached hydrogen (secondary N) is 1. The van der Waals surface area contributed by atoms with E-state index in [-0.39, 0.29) is 36.6 Å². The zero-order valence-electron chi connectivity index (χ0n) is 15.9. The third-order valence-corrected chi connectivity index (χ3v) is 4.74. The Balaban J connectivity index is 0.00000261. The van der Waals surface area contributed by atoms with E-state index in [2.05, 4.69) is 22.2 Å². The van der Waals surface area contributed by atoms with Crippen molar-refractivity contribution in [3.05, 3.63) is 0 Å². The Morgan fingerprint density at radius 2 is 1.22 bits per heavy atom. The summed E-state index contributed by atoms with van der Waals surface area (Å²) >= 11 is 0. The molecule has 2 saturated heterocycles. The van der Waals surface area contributed by atoms with Crippen molar-refractivity contribution < 1.29 is 0 Å². The van der Waals surface area contributed by atoms with E-state index in [0.717, 1.165) is 25.8 Å². The fourth-order valence-corrected chi connectivity index (χ4v) is 3.64. The van der Waals surface area contributed by atoms with E-state index in [1.165, 1.54) is 0 Å². The predicted octanol–water partition coefficient (Wildman–Crippen LogP) is -1.16. The number of halogens is 1. The van der Waals surface area contributed by atoms with E-state index in [9.17, 15) is 0 Å². The standard InChI is InChI=1S/C16H32N10.ClH/c1-2-3-21-14-22-15(25-6-10(17)4-11(18)7-25)24-16(23-14)26-8-12(19)5-13(20)9-26;/h10-13H,2-9,17-20H2,1H3,(H,21,22,23,24);1H/t10-,11+,12-,13+;. The number of nitrogens with two attached hydrogens (primary N) is 4. The maximum atomic E-state index is 6.14. The summed E-state index contributed by atoms with van der Waals surface area (Å²) in [7, 11) is 0. The molecule has 0 radical (unpaired) electrons. The van der Waals surface area contributed by atoms with Gasteiger partial charge < -0.3 is 38.1 Å². The number of piperidine rings is 2. The van der Waals surface area contributed by atoms with Crippen molar-refractivity contribution in [1.29, 1.82) is 0 Å². The second kappa shape index (κ2) is 9.65. The Morgan fingerprint density at radius 3 is 1.59 bits per heavy atom. The zero-order chi connectivity index (χ0) is 18.7. The maximum absolute atomic E-state index is 6.14. The van der Waals surface area contributed by atoms with Crippen molar-refractivity contribution >= 4 is 30.3 Å². The molecule has 2 aliphatic heterocycles. The minimum absolute atomic E-state index is 0. The first kappa shape index (κ1) is 21.8. The smallest absolute Gasteiger partial charge is 0.232 e. The Bertz CT molecular complexity index is 538. The summed E-state index contributed by atoms with van der Waals surface area (Å²) in [6.07, 6.45) is 2.60. The van der Waals surface area contributed by atoms with E-state index in [1.807, 2.05) is 9.80 Å². The van der Waals surface area contributed by atoms with Crippen molar-refractivity contribution in [2.24, 2.45) is 22.9 Å². The Hall–Kier alpha value is -1.46. The van der Waals surface area contributed by atoms with Crippen LogP contribution in [0.4, 0.5) is 17.8 Å². The molecule has 27 heavy (non-hydrogen) atoms. The monoisotopic (exact) mass is 400 g/mol. The van der Waals surface area contributed by atoms with Crippen molar-refractivity contribution in [2.75, 3.05) is 47.8 Å². The van der Waals surface area contributed by atoms with Gasteiger partial charge in [-0.15, -0.1) is 12.4 Å². The Labute approximate surface area is 166 Å². The van der Waals surface area contributed by atoms with E-state index >= 15 is 0 Å². The highest BCUT2D eigenvalue weighted by atomic mass is 35.5. The molecular weight excluding hydrogens is 368 g/mol. The number of hydrogen-bond acceptors (Lipinski definition) is 10. The van der Waals surface area contributed by atoms with E-state index in [0.29, 0.717) is 44.0 Å². The summed E-state index contributed by atoms with van der Waals surface area (Å²) in [4.78, 5) is 18.0. The molecule has 0 aromatic carbocycles. The van der Waals surface area contributed by atoms with Crippen LogP contribution in [0.15, 0.2) is 0 Å². The molecule has 2 fully saturated rings. The molecule has 2 aliphatic rings. The molecule has 10 nitrogen and oxygen atoms in total. The average molecular weight is 401 g/mol. The van der Waals surface area contributed by atoms with Gasteiger partial charge in [0.1, 0.15) is 0 Å². The summed E-state index contributed by atoms with van der Waals surface area (Å²) in [5, 5.41) is 3.26. The summed E-state index contributed by atoms with van der Waals surface area (Å²) in [6, 6.07) is 0.0661. The van der Waals surface area contributed by atoms with E-state index < -0.39 is 0 Å². The third-order valence-electron chi connectivity index (χ3n) is 4.74. The van der Waals surface area contributed by atoms with E-state index in [4.69, 9.17) is 27.9 Å². The Morgan fingerprint density at radius 1 is 0.815 bits per heavy atom.